The third kappa shape index (κ3) is 4.51. The van der Waals surface area contributed by atoms with Crippen molar-refractivity contribution in [3.63, 3.8) is 0 Å². The fraction of sp³-hybridized carbons (Fsp3) is 0.350. The highest BCUT2D eigenvalue weighted by molar-refractivity contribution is 8.00. The van der Waals surface area contributed by atoms with E-state index in [9.17, 15) is 18.0 Å². The minimum atomic E-state index is -4.29. The Kier molecular flexibility index (Phi) is 5.35. The normalized spacial score (nSPS) is 20.1. The van der Waals surface area contributed by atoms with Crippen LogP contribution in [0.1, 0.15) is 33.2 Å². The van der Waals surface area contributed by atoms with E-state index < -0.39 is 5.51 Å². The maximum atomic E-state index is 12.6. The molecule has 1 unspecified atom stereocenters. The van der Waals surface area contributed by atoms with Gasteiger partial charge in [-0.1, -0.05) is 24.3 Å². The highest BCUT2D eigenvalue weighted by Crippen LogP contribution is 2.37. The number of morpholine rings is 1. The van der Waals surface area contributed by atoms with Crippen molar-refractivity contribution in [1.29, 1.82) is 0 Å². The average Bonchev–Trinajstić information content (AvgIpc) is 3.01. The quantitative estimate of drug-likeness (QED) is 0.773. The van der Waals surface area contributed by atoms with Crippen molar-refractivity contribution in [2.45, 2.75) is 29.6 Å². The Morgan fingerprint density at radius 1 is 1.21 bits per heavy atom. The Bertz CT molecular complexity index is 888. The molecule has 2 aliphatic heterocycles. The molecule has 1 N–H and O–H groups in total. The number of amides is 1. The first-order chi connectivity index (χ1) is 13.4. The Labute approximate surface area is 165 Å². The summed E-state index contributed by atoms with van der Waals surface area (Å²) in [5.41, 5.74) is -0.748. The molecule has 2 aliphatic rings. The molecule has 0 aliphatic carbocycles. The lowest BCUT2D eigenvalue weighted by Crippen LogP contribution is -2.37. The zero-order valence-electron chi connectivity index (χ0n) is 15.0. The van der Waals surface area contributed by atoms with Crippen molar-refractivity contribution in [2.75, 3.05) is 19.7 Å². The predicted octanol–water partition coefficient (Wildman–Crippen LogP) is 4.12. The Morgan fingerprint density at radius 2 is 2.07 bits per heavy atom. The summed E-state index contributed by atoms with van der Waals surface area (Å²) in [6.45, 7) is 3.02. The van der Waals surface area contributed by atoms with E-state index in [0.29, 0.717) is 31.8 Å². The van der Waals surface area contributed by atoms with Gasteiger partial charge in [0.25, 0.3) is 5.91 Å². The maximum Gasteiger partial charge on any atom is 0.446 e. The number of thioether (sulfide) groups is 1. The summed E-state index contributed by atoms with van der Waals surface area (Å²) in [4.78, 5) is 14.1. The third-order valence-electron chi connectivity index (χ3n) is 4.87. The van der Waals surface area contributed by atoms with Gasteiger partial charge in [0.15, 0.2) is 0 Å². The second-order valence-electron chi connectivity index (χ2n) is 6.89. The summed E-state index contributed by atoms with van der Waals surface area (Å²) < 4.78 is 43.7. The van der Waals surface area contributed by atoms with E-state index in [1.54, 1.807) is 12.1 Å². The van der Waals surface area contributed by atoms with Crippen LogP contribution in [-0.4, -0.2) is 36.0 Å². The number of alkyl halides is 3. The molecule has 0 aromatic heterocycles. The molecule has 4 nitrogen and oxygen atoms in total. The summed E-state index contributed by atoms with van der Waals surface area (Å²) >= 11 is -0.0908. The van der Waals surface area contributed by atoms with E-state index in [0.717, 1.165) is 23.2 Å². The summed E-state index contributed by atoms with van der Waals surface area (Å²) in [5, 5.41) is 2.81. The highest BCUT2D eigenvalue weighted by atomic mass is 32.2. The molecule has 0 spiro atoms. The van der Waals surface area contributed by atoms with Gasteiger partial charge in [0.1, 0.15) is 0 Å². The Balaban J connectivity index is 1.43. The van der Waals surface area contributed by atoms with Gasteiger partial charge in [-0.2, -0.15) is 13.2 Å². The molecule has 8 heteroatoms. The average molecular weight is 408 g/mol. The zero-order valence-corrected chi connectivity index (χ0v) is 15.8. The summed E-state index contributed by atoms with van der Waals surface area (Å²) in [7, 11) is 0. The van der Waals surface area contributed by atoms with Crippen LogP contribution in [0.5, 0.6) is 0 Å². The molecule has 2 aromatic carbocycles. The Hall–Kier alpha value is -2.03. The smallest absolute Gasteiger partial charge is 0.371 e. The fourth-order valence-electron chi connectivity index (χ4n) is 3.60. The summed E-state index contributed by atoms with van der Waals surface area (Å²) in [5.74, 6) is -0.0515. The van der Waals surface area contributed by atoms with Gasteiger partial charge in [0.05, 0.1) is 12.7 Å². The molecule has 4 rings (SSSR count). The molecule has 2 aromatic rings. The number of carbonyl (C=O) groups is 1. The van der Waals surface area contributed by atoms with Crippen molar-refractivity contribution >= 4 is 17.7 Å². The lowest BCUT2D eigenvalue weighted by molar-refractivity contribution is -0.0330. The van der Waals surface area contributed by atoms with E-state index in [4.69, 9.17) is 4.74 Å². The van der Waals surface area contributed by atoms with Gasteiger partial charge in [-0.15, -0.1) is 0 Å². The van der Waals surface area contributed by atoms with Gasteiger partial charge in [0, 0.05) is 36.6 Å². The first-order valence-corrected chi connectivity index (χ1v) is 9.79. The van der Waals surface area contributed by atoms with E-state index in [1.807, 2.05) is 24.3 Å². The van der Waals surface area contributed by atoms with Crippen LogP contribution in [0.3, 0.4) is 0 Å². The number of ether oxygens (including phenoxy) is 1. The van der Waals surface area contributed by atoms with Crippen molar-refractivity contribution in [2.24, 2.45) is 0 Å². The van der Waals surface area contributed by atoms with Crippen LogP contribution in [0, 0.1) is 0 Å². The molecule has 2 heterocycles. The molecule has 1 atom stereocenters. The molecule has 1 saturated heterocycles. The van der Waals surface area contributed by atoms with Crippen LogP contribution in [0.15, 0.2) is 47.4 Å². The molecular weight excluding hydrogens is 389 g/mol. The Morgan fingerprint density at radius 3 is 2.89 bits per heavy atom. The van der Waals surface area contributed by atoms with E-state index >= 15 is 0 Å². The standard InChI is InChI=1S/C20H19F3N2O2S/c21-20(22,23)28-16-3-1-2-13(8-16)11-25-6-7-27-18(12-25)14-4-5-17-15(9-14)10-24-19(17)26/h1-5,8-9,18H,6-7,10-12H2,(H,24,26). The largest absolute Gasteiger partial charge is 0.446 e. The summed E-state index contributed by atoms with van der Waals surface area (Å²) in [6.07, 6.45) is -0.123. The number of fused-ring (bicyclic) bond motifs is 1. The third-order valence-corrected chi connectivity index (χ3v) is 5.59. The number of rotatable bonds is 4. The SMILES string of the molecule is O=C1NCc2cc(C3CN(Cc4cccc(SC(F)(F)F)c4)CCO3)ccc21. The lowest BCUT2D eigenvalue weighted by atomic mass is 10.0. The highest BCUT2D eigenvalue weighted by Gasteiger charge is 2.29. The second-order valence-corrected chi connectivity index (χ2v) is 8.03. The number of benzene rings is 2. The molecule has 0 radical (unpaired) electrons. The van der Waals surface area contributed by atoms with Gasteiger partial charge in [-0.25, -0.2) is 0 Å². The number of hydrogen-bond acceptors (Lipinski definition) is 4. The molecule has 0 saturated carbocycles. The number of carbonyl (C=O) groups excluding carboxylic acids is 1. The molecule has 148 valence electrons. The van der Waals surface area contributed by atoms with Crippen molar-refractivity contribution in [1.82, 2.24) is 10.2 Å². The maximum absolute atomic E-state index is 12.6. The zero-order chi connectivity index (χ0) is 19.7. The van der Waals surface area contributed by atoms with Crippen LogP contribution >= 0.6 is 11.8 Å². The minimum Gasteiger partial charge on any atom is -0.371 e. The second kappa shape index (κ2) is 7.77. The van der Waals surface area contributed by atoms with Crippen molar-refractivity contribution < 1.29 is 22.7 Å². The van der Waals surface area contributed by atoms with Crippen molar-refractivity contribution in [3.05, 3.63) is 64.7 Å². The number of halogens is 3. The number of nitrogens with zero attached hydrogens (tertiary/aromatic N) is 1. The summed E-state index contributed by atoms with van der Waals surface area (Å²) in [6, 6.07) is 12.3. The molecule has 1 fully saturated rings. The van der Waals surface area contributed by atoms with Gasteiger partial charge in [-0.3, -0.25) is 9.69 Å². The van der Waals surface area contributed by atoms with E-state index in [1.165, 1.54) is 6.07 Å². The van der Waals surface area contributed by atoms with E-state index in [-0.39, 0.29) is 28.7 Å². The number of hydrogen-bond donors (Lipinski definition) is 1. The van der Waals surface area contributed by atoms with Crippen LogP contribution < -0.4 is 5.32 Å². The monoisotopic (exact) mass is 408 g/mol. The molecule has 28 heavy (non-hydrogen) atoms. The van der Waals surface area contributed by atoms with Gasteiger partial charge in [-0.05, 0) is 46.7 Å². The lowest BCUT2D eigenvalue weighted by Gasteiger charge is -2.33. The molecule has 0 bridgehead atoms. The molecule has 1 amide bonds. The fourth-order valence-corrected chi connectivity index (χ4v) is 4.22. The van der Waals surface area contributed by atoms with Crippen molar-refractivity contribution in [3.8, 4) is 0 Å². The van der Waals surface area contributed by atoms with E-state index in [2.05, 4.69) is 10.2 Å². The predicted molar refractivity (Wildman–Crippen MR) is 99.9 cm³/mol. The first-order valence-electron chi connectivity index (χ1n) is 8.97. The minimum absolute atomic E-state index is 0.0515. The van der Waals surface area contributed by atoms with Gasteiger partial charge in [0.2, 0.25) is 0 Å². The van der Waals surface area contributed by atoms with Crippen LogP contribution in [0.4, 0.5) is 13.2 Å². The van der Waals surface area contributed by atoms with Gasteiger partial charge < -0.3 is 10.1 Å². The number of nitrogens with one attached hydrogen (secondary N) is 1. The first kappa shape index (κ1) is 19.3. The topological polar surface area (TPSA) is 41.6 Å². The van der Waals surface area contributed by atoms with Crippen LogP contribution in [0.25, 0.3) is 0 Å². The van der Waals surface area contributed by atoms with Crippen LogP contribution in [0.2, 0.25) is 0 Å². The van der Waals surface area contributed by atoms with Crippen LogP contribution in [-0.2, 0) is 17.8 Å². The molecular formula is C20H19F3N2O2S. The van der Waals surface area contributed by atoms with Gasteiger partial charge >= 0.3 is 5.51 Å².